The second kappa shape index (κ2) is 20.3. The van der Waals surface area contributed by atoms with E-state index in [2.05, 4.69) is 28.0 Å². The second-order valence-corrected chi connectivity index (χ2v) is 16.7. The number of primary amides is 2. The van der Waals surface area contributed by atoms with E-state index in [-0.39, 0.29) is 23.8 Å². The Morgan fingerprint density at radius 2 is 1.16 bits per heavy atom. The fourth-order valence-electron chi connectivity index (χ4n) is 10.1. The summed E-state index contributed by atoms with van der Waals surface area (Å²) in [6, 6.07) is 2.65. The minimum Gasteiger partial charge on any atom is -0.472 e. The molecule has 2 aromatic rings. The molecule has 0 bridgehead atoms. The van der Waals surface area contributed by atoms with Crippen molar-refractivity contribution in [2.24, 2.45) is 17.2 Å². The van der Waals surface area contributed by atoms with Gasteiger partial charge in [0.2, 0.25) is 11.8 Å². The van der Waals surface area contributed by atoms with Crippen LogP contribution in [0.3, 0.4) is 0 Å². The smallest absolute Gasteiger partial charge is 0.381 e. The van der Waals surface area contributed by atoms with Crippen LogP contribution in [0.15, 0.2) is 23.3 Å². The molecule has 4 aliphatic carbocycles. The van der Waals surface area contributed by atoms with Gasteiger partial charge in [-0.3, -0.25) is 14.4 Å². The first-order valence-electron chi connectivity index (χ1n) is 21.7. The summed E-state index contributed by atoms with van der Waals surface area (Å²) >= 11 is 0. The molecule has 0 radical (unpaired) electrons. The molecule has 0 saturated carbocycles. The third kappa shape index (κ3) is 10.3. The number of carboxylic acids is 1. The summed E-state index contributed by atoms with van der Waals surface area (Å²) in [5, 5.41) is 10.7. The molecule has 8 N–H and O–H groups in total. The highest BCUT2D eigenvalue weighted by Gasteiger charge is 2.36. The van der Waals surface area contributed by atoms with Crippen molar-refractivity contribution in [3.05, 3.63) is 68.3 Å². The van der Waals surface area contributed by atoms with Crippen LogP contribution < -0.4 is 32.3 Å². The number of rotatable bonds is 5. The van der Waals surface area contributed by atoms with Crippen molar-refractivity contribution in [3.8, 4) is 23.7 Å². The Balaban J connectivity index is 0.000000182. The number of nitrogens with one attached hydrogen (secondary N) is 1. The molecule has 2 atom stereocenters. The van der Waals surface area contributed by atoms with Gasteiger partial charge in [-0.05, 0) is 144 Å². The van der Waals surface area contributed by atoms with Crippen molar-refractivity contribution in [2.75, 3.05) is 36.0 Å². The van der Waals surface area contributed by atoms with Crippen molar-refractivity contribution in [2.45, 2.75) is 129 Å². The first-order chi connectivity index (χ1) is 29.3. The predicted molar refractivity (Wildman–Crippen MR) is 235 cm³/mol. The molecule has 61 heavy (non-hydrogen) atoms. The largest absolute Gasteiger partial charge is 0.472 e. The summed E-state index contributed by atoms with van der Waals surface area (Å²) in [7, 11) is 0. The van der Waals surface area contributed by atoms with Crippen molar-refractivity contribution in [1.29, 1.82) is 0 Å². The molecular formula is C48H58F2N6O5. The van der Waals surface area contributed by atoms with Crippen LogP contribution in [0.1, 0.15) is 147 Å². The highest BCUT2D eigenvalue weighted by Crippen LogP contribution is 2.49. The number of hydrogen-bond donors (Lipinski definition) is 5. The summed E-state index contributed by atoms with van der Waals surface area (Å²) < 4.78 is 30.6. The van der Waals surface area contributed by atoms with Crippen LogP contribution in [0.25, 0.3) is 11.1 Å². The van der Waals surface area contributed by atoms with Gasteiger partial charge in [-0.25, -0.2) is 13.6 Å². The van der Waals surface area contributed by atoms with Gasteiger partial charge in [0, 0.05) is 66.4 Å². The molecule has 2 heterocycles. The third-order valence-electron chi connectivity index (χ3n) is 12.6. The van der Waals surface area contributed by atoms with E-state index in [0.29, 0.717) is 48.6 Å². The Kier molecular flexibility index (Phi) is 14.9. The average Bonchev–Trinajstić information content (AvgIpc) is 3.51. The van der Waals surface area contributed by atoms with E-state index >= 15 is 8.78 Å². The third-order valence-corrected chi connectivity index (χ3v) is 12.6. The number of carboxylic acid groups (broad SMARTS) is 1. The summed E-state index contributed by atoms with van der Waals surface area (Å²) in [6.07, 6.45) is 15.9. The van der Waals surface area contributed by atoms with Crippen LogP contribution in [0.2, 0.25) is 0 Å². The zero-order chi connectivity index (χ0) is 43.8. The quantitative estimate of drug-likeness (QED) is 0.211. The molecule has 11 nitrogen and oxygen atoms in total. The van der Waals surface area contributed by atoms with Crippen LogP contribution in [0.4, 0.5) is 20.2 Å². The lowest BCUT2D eigenvalue weighted by molar-refractivity contribution is -0.130. The minimum absolute atomic E-state index is 0.0728. The maximum atomic E-state index is 15.4. The number of benzene rings is 2. The number of nitrogens with zero attached hydrogens (tertiary/aromatic N) is 2. The number of hydrogen-bond acceptors (Lipinski definition) is 7. The van der Waals surface area contributed by atoms with Crippen LogP contribution in [0, 0.1) is 35.3 Å². The number of carbonyl (C=O) groups is 4. The van der Waals surface area contributed by atoms with Gasteiger partial charge in [-0.15, -0.1) is 0 Å². The Morgan fingerprint density at radius 3 is 1.61 bits per heavy atom. The molecule has 6 aliphatic rings. The second-order valence-electron chi connectivity index (χ2n) is 16.7. The Bertz CT molecular complexity index is 2280. The van der Waals surface area contributed by atoms with Gasteiger partial charge in [-0.2, -0.15) is 0 Å². The van der Waals surface area contributed by atoms with E-state index < -0.39 is 23.6 Å². The predicted octanol–water partition coefficient (Wildman–Crippen LogP) is 6.53. The molecule has 3 amide bonds. The fourth-order valence-corrected chi connectivity index (χ4v) is 10.1. The number of nitrogens with two attached hydrogens (primary N) is 3. The normalized spacial score (nSPS) is 20.2. The van der Waals surface area contributed by atoms with Crippen molar-refractivity contribution < 1.29 is 33.1 Å². The number of fused-ring (bicyclic) bond motifs is 4. The number of aliphatic carboxylic acids is 1. The van der Waals surface area contributed by atoms with Crippen LogP contribution in [0.5, 0.6) is 0 Å². The van der Waals surface area contributed by atoms with Gasteiger partial charge in [0.25, 0.3) is 5.91 Å². The maximum absolute atomic E-state index is 15.4. The first kappa shape index (κ1) is 44.9. The Labute approximate surface area is 357 Å². The Morgan fingerprint density at radius 1 is 0.689 bits per heavy atom. The SMILES string of the molecule is CC#CC(=O)N[C@H]1CCCN(c2c(F)cc(C(N)=O)c3c2C2=C(CCCCC2)C3)C1.CC#CC(=O)O.NC(=O)c1cc(F)c(N2CCC[C@H](N)C2)c2c1CC1=C2CCCCC1. The van der Waals surface area contributed by atoms with Crippen molar-refractivity contribution >= 4 is 46.2 Å². The van der Waals surface area contributed by atoms with Gasteiger partial charge in [-0.1, -0.05) is 35.8 Å². The van der Waals surface area contributed by atoms with Gasteiger partial charge in [0.15, 0.2) is 0 Å². The lowest BCUT2D eigenvalue weighted by Crippen LogP contribution is -2.48. The molecule has 0 spiro atoms. The summed E-state index contributed by atoms with van der Waals surface area (Å²) in [4.78, 5) is 49.5. The van der Waals surface area contributed by atoms with Crippen molar-refractivity contribution in [3.63, 3.8) is 0 Å². The van der Waals surface area contributed by atoms with Crippen LogP contribution >= 0.6 is 0 Å². The summed E-state index contributed by atoms with van der Waals surface area (Å²) in [5.74, 6) is 6.01. The topological polar surface area (TPSA) is 185 Å². The minimum atomic E-state index is -1.07. The number of amides is 3. The number of anilines is 2. The van der Waals surface area contributed by atoms with Crippen LogP contribution in [-0.2, 0) is 22.4 Å². The molecule has 0 aromatic heterocycles. The monoisotopic (exact) mass is 836 g/mol. The molecule has 2 fully saturated rings. The van der Waals surface area contributed by atoms with Gasteiger partial charge in [0.05, 0.1) is 11.4 Å². The van der Waals surface area contributed by atoms with E-state index in [1.165, 1.54) is 60.6 Å². The zero-order valence-electron chi connectivity index (χ0n) is 35.4. The molecule has 0 unspecified atom stereocenters. The number of carbonyl (C=O) groups excluding carboxylic acids is 3. The molecule has 8 rings (SSSR count). The highest BCUT2D eigenvalue weighted by molar-refractivity contribution is 6.01. The molecule has 2 saturated heterocycles. The highest BCUT2D eigenvalue weighted by atomic mass is 19.1. The van der Waals surface area contributed by atoms with E-state index in [0.717, 1.165) is 106 Å². The fraction of sp³-hybridized carbons (Fsp3) is 0.500. The van der Waals surface area contributed by atoms with E-state index in [1.807, 2.05) is 10.8 Å². The molecule has 2 aliphatic heterocycles. The van der Waals surface area contributed by atoms with Gasteiger partial charge >= 0.3 is 5.97 Å². The zero-order valence-corrected chi connectivity index (χ0v) is 35.4. The molecule has 13 heteroatoms. The first-order valence-corrected chi connectivity index (χ1v) is 21.7. The summed E-state index contributed by atoms with van der Waals surface area (Å²) in [6.45, 7) is 5.84. The van der Waals surface area contributed by atoms with Crippen LogP contribution in [-0.4, -0.2) is 67.1 Å². The number of allylic oxidation sites excluding steroid dienone is 4. The van der Waals surface area contributed by atoms with Gasteiger partial charge < -0.3 is 37.4 Å². The summed E-state index contributed by atoms with van der Waals surface area (Å²) in [5.41, 5.74) is 28.1. The molecule has 2 aromatic carbocycles. The molecule has 324 valence electrons. The van der Waals surface area contributed by atoms with E-state index in [1.54, 1.807) is 6.92 Å². The maximum Gasteiger partial charge on any atom is 0.381 e. The number of halogens is 2. The molecular weight excluding hydrogens is 779 g/mol. The Hall–Kier alpha value is -5.66. The standard InChI is InChI=1S/C24H28FN3O2.C20H26FN3O.C4H4O2/c1-2-7-21(29)27-16-9-6-11-28(14-16)23-20(25)13-19(24(26)30)18-12-15-8-4-3-5-10-17(15)22(18)23;21-17-10-16(20(23)25)15-9-12-5-2-1-3-7-14(12)18(15)19(17)24-8-4-6-13(22)11-24;1-2-3-4(5)6/h13,16H,3-6,8-12,14H2,1H3,(H2,26,30)(H,27,29);10,13H,1-9,11,22H2,(H2,23,25);1H3,(H,5,6)/t16-;13-;/m00./s1. The lowest BCUT2D eigenvalue weighted by atomic mass is 9.93. The lowest BCUT2D eigenvalue weighted by Gasteiger charge is -2.36. The van der Waals surface area contributed by atoms with E-state index in [9.17, 15) is 19.2 Å². The average molecular weight is 837 g/mol. The van der Waals surface area contributed by atoms with Gasteiger partial charge in [0.1, 0.15) is 11.6 Å². The van der Waals surface area contributed by atoms with E-state index in [4.69, 9.17) is 22.3 Å². The number of piperidine rings is 2. The van der Waals surface area contributed by atoms with Crippen molar-refractivity contribution in [1.82, 2.24) is 5.32 Å².